The zero-order valence-electron chi connectivity index (χ0n) is 34.6. The van der Waals surface area contributed by atoms with Gasteiger partial charge in [-0.1, -0.05) is 200 Å². The second kappa shape index (κ2) is 15.4. The number of hydrogen-bond acceptors (Lipinski definition) is 2. The van der Waals surface area contributed by atoms with Crippen molar-refractivity contribution in [3.8, 4) is 55.6 Å². The summed E-state index contributed by atoms with van der Waals surface area (Å²) in [7, 11) is 0. The van der Waals surface area contributed by atoms with Crippen LogP contribution in [0.1, 0.15) is 0 Å². The van der Waals surface area contributed by atoms with Gasteiger partial charge in [-0.2, -0.15) is 0 Å². The number of rotatable bonds is 7. The third-order valence-corrected chi connectivity index (χ3v) is 12.9. The second-order valence-electron chi connectivity index (χ2n) is 16.5. The summed E-state index contributed by atoms with van der Waals surface area (Å²) in [5, 5.41) is 0. The largest absolute Gasteiger partial charge is 0.311 e. The van der Waals surface area contributed by atoms with Crippen molar-refractivity contribution in [2.24, 2.45) is 0 Å². The van der Waals surface area contributed by atoms with E-state index in [0.717, 1.165) is 11.4 Å². The Kier molecular flexibility index (Phi) is 8.97. The van der Waals surface area contributed by atoms with Crippen LogP contribution in [-0.4, -0.2) is 6.71 Å². The maximum atomic E-state index is 2.53. The molecule has 63 heavy (non-hydrogen) atoms. The van der Waals surface area contributed by atoms with Gasteiger partial charge in [-0.25, -0.2) is 0 Å². The van der Waals surface area contributed by atoms with Crippen LogP contribution in [0.5, 0.6) is 0 Å². The highest BCUT2D eigenvalue weighted by Crippen LogP contribution is 2.47. The molecule has 0 atom stereocenters. The Bertz CT molecular complexity index is 3240. The predicted molar refractivity (Wildman–Crippen MR) is 268 cm³/mol. The summed E-state index contributed by atoms with van der Waals surface area (Å²) in [4.78, 5) is 5.04. The van der Waals surface area contributed by atoms with E-state index < -0.39 is 0 Å². The lowest BCUT2D eigenvalue weighted by Gasteiger charge is -2.44. The Hall–Kier alpha value is -8.14. The van der Waals surface area contributed by atoms with Crippen LogP contribution in [0.25, 0.3) is 55.6 Å². The SMILES string of the molecule is c1ccc(-c2ccc(N3c4ccc(-c5ccccc5)cc4B4c5ccc(-c6ccccc6)cc5N(c5ccc(-c6ccccc6)cc5)c5cc(-c6ccccc6)cc3c54)cc2)cc1. The molecular formula is C60H41BN2. The molecule has 0 spiro atoms. The van der Waals surface area contributed by atoms with Crippen molar-refractivity contribution in [1.82, 2.24) is 0 Å². The van der Waals surface area contributed by atoms with Crippen LogP contribution < -0.4 is 26.2 Å². The Morgan fingerprint density at radius 3 is 1.02 bits per heavy atom. The molecule has 0 N–H and O–H groups in total. The van der Waals surface area contributed by atoms with E-state index in [1.807, 2.05) is 0 Å². The van der Waals surface area contributed by atoms with Gasteiger partial charge in [-0.15, -0.1) is 0 Å². The van der Waals surface area contributed by atoms with Gasteiger partial charge in [0, 0.05) is 34.1 Å². The first-order chi connectivity index (χ1) is 31.2. The number of hydrogen-bond donors (Lipinski definition) is 0. The van der Waals surface area contributed by atoms with Crippen molar-refractivity contribution in [2.75, 3.05) is 9.80 Å². The molecule has 0 amide bonds. The minimum absolute atomic E-state index is 0.0296. The van der Waals surface area contributed by atoms with Gasteiger partial charge in [0.05, 0.1) is 0 Å². The summed E-state index contributed by atoms with van der Waals surface area (Å²) in [6.07, 6.45) is 0. The highest BCUT2D eigenvalue weighted by Gasteiger charge is 2.44. The minimum Gasteiger partial charge on any atom is -0.311 e. The van der Waals surface area contributed by atoms with Gasteiger partial charge in [-0.05, 0) is 121 Å². The van der Waals surface area contributed by atoms with Crippen LogP contribution in [0.3, 0.4) is 0 Å². The molecule has 2 aliphatic heterocycles. The highest BCUT2D eigenvalue weighted by molar-refractivity contribution is 7.00. The van der Waals surface area contributed by atoms with Gasteiger partial charge >= 0.3 is 0 Å². The van der Waals surface area contributed by atoms with Gasteiger partial charge in [-0.3, -0.25) is 0 Å². The molecule has 10 aromatic rings. The first-order valence-electron chi connectivity index (χ1n) is 21.8. The Morgan fingerprint density at radius 2 is 0.556 bits per heavy atom. The summed E-state index contributed by atoms with van der Waals surface area (Å²) in [6.45, 7) is -0.0296. The molecule has 2 nitrogen and oxygen atoms in total. The lowest BCUT2D eigenvalue weighted by Crippen LogP contribution is -2.61. The molecule has 0 fully saturated rings. The first kappa shape index (κ1) is 36.7. The molecular weight excluding hydrogens is 759 g/mol. The quantitative estimate of drug-likeness (QED) is 0.148. The number of nitrogens with zero attached hydrogens (tertiary/aromatic N) is 2. The normalized spacial score (nSPS) is 12.3. The van der Waals surface area contributed by atoms with Crippen molar-refractivity contribution in [3.05, 3.63) is 249 Å². The van der Waals surface area contributed by atoms with E-state index in [1.54, 1.807) is 0 Å². The number of benzene rings is 10. The van der Waals surface area contributed by atoms with Crippen molar-refractivity contribution >= 4 is 57.2 Å². The van der Waals surface area contributed by atoms with Gasteiger partial charge in [0.2, 0.25) is 0 Å². The van der Waals surface area contributed by atoms with E-state index in [1.165, 1.54) is 94.8 Å². The Labute approximate surface area is 369 Å². The molecule has 0 radical (unpaired) electrons. The molecule has 0 unspecified atom stereocenters. The molecule has 0 bridgehead atoms. The zero-order chi connectivity index (χ0) is 41.7. The average Bonchev–Trinajstić information content (AvgIpc) is 3.37. The lowest BCUT2D eigenvalue weighted by molar-refractivity contribution is 1.25. The summed E-state index contributed by atoms with van der Waals surface area (Å²) in [5.74, 6) is 0. The fourth-order valence-electron chi connectivity index (χ4n) is 9.84. The van der Waals surface area contributed by atoms with Gasteiger partial charge < -0.3 is 9.80 Å². The topological polar surface area (TPSA) is 6.48 Å². The third kappa shape index (κ3) is 6.45. The maximum Gasteiger partial charge on any atom is 0.252 e. The van der Waals surface area contributed by atoms with Gasteiger partial charge in [0.25, 0.3) is 6.71 Å². The highest BCUT2D eigenvalue weighted by atomic mass is 15.2. The summed E-state index contributed by atoms with van der Waals surface area (Å²) in [5.41, 5.74) is 22.8. The minimum atomic E-state index is -0.0296. The Morgan fingerprint density at radius 1 is 0.222 bits per heavy atom. The fourth-order valence-corrected chi connectivity index (χ4v) is 9.84. The van der Waals surface area contributed by atoms with Crippen LogP contribution in [0.2, 0.25) is 0 Å². The van der Waals surface area contributed by atoms with Gasteiger partial charge in [0.15, 0.2) is 0 Å². The van der Waals surface area contributed by atoms with E-state index in [0.29, 0.717) is 0 Å². The van der Waals surface area contributed by atoms with Crippen LogP contribution in [0.4, 0.5) is 34.1 Å². The van der Waals surface area contributed by atoms with Crippen molar-refractivity contribution in [3.63, 3.8) is 0 Å². The molecule has 3 heteroatoms. The fraction of sp³-hybridized carbons (Fsp3) is 0. The van der Waals surface area contributed by atoms with Crippen LogP contribution >= 0.6 is 0 Å². The van der Waals surface area contributed by atoms with Crippen molar-refractivity contribution < 1.29 is 0 Å². The van der Waals surface area contributed by atoms with E-state index in [9.17, 15) is 0 Å². The molecule has 10 aromatic carbocycles. The van der Waals surface area contributed by atoms with E-state index >= 15 is 0 Å². The van der Waals surface area contributed by atoms with E-state index in [2.05, 4.69) is 259 Å². The van der Waals surface area contributed by atoms with Crippen LogP contribution in [0, 0.1) is 0 Å². The molecule has 0 aliphatic carbocycles. The molecule has 2 heterocycles. The van der Waals surface area contributed by atoms with Crippen LogP contribution in [-0.2, 0) is 0 Å². The standard InChI is InChI=1S/C60H41BN2/c1-6-16-42(17-7-1)47-26-32-52(33-27-47)62-56-37-31-49(44-20-10-3-11-21-44)38-55(56)61-54-36-30-50(45-22-12-4-13-23-45)39-57(54)63(53-34-28-48(29-35-53)43-18-8-2-9-19-43)59-41-51(40-58(62)60(59)61)46-24-14-5-15-25-46/h1-41H. The summed E-state index contributed by atoms with van der Waals surface area (Å²) >= 11 is 0. The van der Waals surface area contributed by atoms with Crippen LogP contribution in [0.15, 0.2) is 249 Å². The molecule has 0 aromatic heterocycles. The van der Waals surface area contributed by atoms with Crippen molar-refractivity contribution in [2.45, 2.75) is 0 Å². The molecule has 294 valence electrons. The number of fused-ring (bicyclic) bond motifs is 4. The predicted octanol–water partition coefficient (Wildman–Crippen LogP) is 14.1. The lowest BCUT2D eigenvalue weighted by atomic mass is 9.33. The second-order valence-corrected chi connectivity index (χ2v) is 16.5. The molecule has 0 saturated carbocycles. The maximum absolute atomic E-state index is 2.53. The van der Waals surface area contributed by atoms with E-state index in [-0.39, 0.29) is 6.71 Å². The van der Waals surface area contributed by atoms with E-state index in [4.69, 9.17) is 0 Å². The average molecular weight is 801 g/mol. The first-order valence-corrected chi connectivity index (χ1v) is 21.8. The molecule has 2 aliphatic rings. The third-order valence-electron chi connectivity index (χ3n) is 12.9. The smallest absolute Gasteiger partial charge is 0.252 e. The summed E-state index contributed by atoms with van der Waals surface area (Å²) in [6, 6.07) is 91.2. The molecule has 12 rings (SSSR count). The monoisotopic (exact) mass is 800 g/mol. The summed E-state index contributed by atoms with van der Waals surface area (Å²) < 4.78 is 0. The molecule has 0 saturated heterocycles. The van der Waals surface area contributed by atoms with Crippen molar-refractivity contribution in [1.29, 1.82) is 0 Å². The van der Waals surface area contributed by atoms with Gasteiger partial charge in [0.1, 0.15) is 0 Å². The number of anilines is 6. The Balaban J connectivity index is 1.15. The zero-order valence-corrected chi connectivity index (χ0v) is 34.6.